The van der Waals surface area contributed by atoms with Gasteiger partial charge in [0.25, 0.3) is 5.91 Å². The van der Waals surface area contributed by atoms with E-state index < -0.39 is 12.1 Å². The molecule has 0 spiro atoms. The number of nitrogens with zero attached hydrogens (tertiary/aromatic N) is 1. The van der Waals surface area contributed by atoms with Crippen LogP contribution in [0.2, 0.25) is 5.02 Å². The summed E-state index contributed by atoms with van der Waals surface area (Å²) in [6, 6.07) is 12.3. The molecule has 1 aliphatic rings. The van der Waals surface area contributed by atoms with Crippen molar-refractivity contribution in [1.29, 1.82) is 0 Å². The van der Waals surface area contributed by atoms with Gasteiger partial charge in [0.1, 0.15) is 11.5 Å². The molecule has 0 radical (unpaired) electrons. The van der Waals surface area contributed by atoms with E-state index >= 15 is 0 Å². The average molecular weight is 512 g/mol. The summed E-state index contributed by atoms with van der Waals surface area (Å²) in [5.74, 6) is 0.148. The molecule has 0 fully saturated rings. The largest absolute Gasteiger partial charge is 0.490 e. The van der Waals surface area contributed by atoms with Crippen molar-refractivity contribution in [3.05, 3.63) is 64.2 Å². The number of aliphatic hydroxyl groups excluding tert-OH is 1. The van der Waals surface area contributed by atoms with Gasteiger partial charge in [-0.25, -0.2) is 0 Å². The van der Waals surface area contributed by atoms with E-state index in [2.05, 4.69) is 0 Å². The fraction of sp³-hybridized carbons (Fsp3) is 0.357. The van der Waals surface area contributed by atoms with Crippen LogP contribution >= 0.6 is 11.6 Å². The van der Waals surface area contributed by atoms with Crippen LogP contribution in [0, 0.1) is 0 Å². The second-order valence-corrected chi connectivity index (χ2v) is 9.57. The van der Waals surface area contributed by atoms with Crippen LogP contribution in [-0.2, 0) is 16.0 Å². The first-order chi connectivity index (χ1) is 17.1. The Kier molecular flexibility index (Phi) is 7.43. The van der Waals surface area contributed by atoms with Crippen molar-refractivity contribution in [2.75, 3.05) is 11.5 Å². The number of hydrogen-bond donors (Lipinski definition) is 1. The summed E-state index contributed by atoms with van der Waals surface area (Å²) in [5.41, 5.74) is 1.65. The van der Waals surface area contributed by atoms with Gasteiger partial charge in [0.05, 0.1) is 41.5 Å². The number of amides is 1. The molecule has 36 heavy (non-hydrogen) atoms. The highest BCUT2D eigenvalue weighted by atomic mass is 35.5. The van der Waals surface area contributed by atoms with Gasteiger partial charge in [-0.3, -0.25) is 14.5 Å². The first kappa shape index (κ1) is 25.8. The topological polar surface area (TPSA) is 85.3 Å². The second-order valence-electron chi connectivity index (χ2n) is 9.17. The molecule has 0 saturated heterocycles. The Morgan fingerprint density at radius 2 is 1.75 bits per heavy atom. The van der Waals surface area contributed by atoms with Gasteiger partial charge in [-0.05, 0) is 69.8 Å². The molecule has 8 heteroatoms. The van der Waals surface area contributed by atoms with Gasteiger partial charge in [0.15, 0.2) is 6.23 Å². The fourth-order valence-corrected chi connectivity index (χ4v) is 4.74. The molecule has 1 unspecified atom stereocenters. The summed E-state index contributed by atoms with van der Waals surface area (Å²) in [5, 5.41) is 13.2. The maximum Gasteiger partial charge on any atom is 0.310 e. The zero-order chi connectivity index (χ0) is 26.1. The van der Waals surface area contributed by atoms with E-state index in [1.54, 1.807) is 31.2 Å². The average Bonchev–Trinajstić information content (AvgIpc) is 3.04. The number of esters is 1. The van der Waals surface area contributed by atoms with Crippen LogP contribution in [0.1, 0.15) is 62.3 Å². The zero-order valence-electron chi connectivity index (χ0n) is 21.0. The Balaban J connectivity index is 1.85. The van der Waals surface area contributed by atoms with Crippen LogP contribution in [0.3, 0.4) is 0 Å². The molecular weight excluding hydrogens is 482 g/mol. The van der Waals surface area contributed by atoms with E-state index in [1.807, 2.05) is 45.9 Å². The van der Waals surface area contributed by atoms with Gasteiger partial charge in [0, 0.05) is 10.9 Å². The number of hydrogen-bond acceptors (Lipinski definition) is 6. The van der Waals surface area contributed by atoms with E-state index in [1.165, 1.54) is 4.90 Å². The maximum absolute atomic E-state index is 13.8. The number of benzene rings is 3. The number of rotatable bonds is 8. The third-order valence-electron chi connectivity index (χ3n) is 5.72. The van der Waals surface area contributed by atoms with Crippen LogP contribution in [-0.4, -0.2) is 35.8 Å². The minimum Gasteiger partial charge on any atom is -0.490 e. The first-order valence-electron chi connectivity index (χ1n) is 12.0. The standard InChI is InChI=1S/C28H30ClNO6/c1-6-34-23(31)13-17-10-11-20(19(29)12-17)30-27(32)25-22(36-16(4)5)14-18-8-7-9-21(35-15(2)3)24(18)26(25)28(30)33/h7-12,14-16,28,33H,6,13H2,1-5H3. The Hall–Kier alpha value is -3.29. The zero-order valence-corrected chi connectivity index (χ0v) is 21.8. The molecule has 7 nitrogen and oxygen atoms in total. The summed E-state index contributed by atoms with van der Waals surface area (Å²) in [6.07, 6.45) is -1.57. The fourth-order valence-electron chi connectivity index (χ4n) is 4.44. The summed E-state index contributed by atoms with van der Waals surface area (Å²) < 4.78 is 17.1. The molecule has 0 saturated carbocycles. The maximum atomic E-state index is 13.8. The molecule has 0 aliphatic carbocycles. The van der Waals surface area contributed by atoms with Crippen molar-refractivity contribution in [3.8, 4) is 11.5 Å². The van der Waals surface area contributed by atoms with Gasteiger partial charge < -0.3 is 19.3 Å². The van der Waals surface area contributed by atoms with Crippen LogP contribution in [0.25, 0.3) is 10.8 Å². The smallest absolute Gasteiger partial charge is 0.310 e. The molecule has 3 aromatic carbocycles. The summed E-state index contributed by atoms with van der Waals surface area (Å²) in [4.78, 5) is 26.9. The number of carbonyl (C=O) groups excluding carboxylic acids is 2. The molecule has 190 valence electrons. The Morgan fingerprint density at radius 3 is 2.39 bits per heavy atom. The van der Waals surface area contributed by atoms with E-state index in [0.717, 1.165) is 5.39 Å². The van der Waals surface area contributed by atoms with Crippen molar-refractivity contribution in [3.63, 3.8) is 0 Å². The van der Waals surface area contributed by atoms with Gasteiger partial charge >= 0.3 is 5.97 Å². The normalized spacial score (nSPS) is 15.1. The van der Waals surface area contributed by atoms with Crippen molar-refractivity contribution < 1.29 is 28.9 Å². The van der Waals surface area contributed by atoms with Crippen LogP contribution in [0.15, 0.2) is 42.5 Å². The minimum atomic E-state index is -1.32. The minimum absolute atomic E-state index is 0.0531. The van der Waals surface area contributed by atoms with E-state index in [4.69, 9.17) is 25.8 Å². The molecule has 1 aliphatic heterocycles. The predicted octanol–water partition coefficient (Wildman–Crippen LogP) is 5.82. The Bertz CT molecular complexity index is 1320. The molecule has 1 heterocycles. The number of halogens is 1. The third kappa shape index (κ3) is 4.86. The Morgan fingerprint density at radius 1 is 1.06 bits per heavy atom. The molecule has 0 bridgehead atoms. The van der Waals surface area contributed by atoms with Gasteiger partial charge in [-0.2, -0.15) is 0 Å². The number of ether oxygens (including phenoxy) is 3. The highest BCUT2D eigenvalue weighted by molar-refractivity contribution is 6.34. The Labute approximate surface area is 215 Å². The molecule has 3 aromatic rings. The monoisotopic (exact) mass is 511 g/mol. The number of fused-ring (bicyclic) bond motifs is 3. The lowest BCUT2D eigenvalue weighted by atomic mass is 9.98. The third-order valence-corrected chi connectivity index (χ3v) is 6.02. The first-order valence-corrected chi connectivity index (χ1v) is 12.4. The second kappa shape index (κ2) is 10.4. The van der Waals surface area contributed by atoms with Crippen LogP contribution in [0.4, 0.5) is 5.69 Å². The molecular formula is C28H30ClNO6. The molecule has 1 amide bonds. The van der Waals surface area contributed by atoms with E-state index in [0.29, 0.717) is 33.7 Å². The summed E-state index contributed by atoms with van der Waals surface area (Å²) >= 11 is 6.57. The van der Waals surface area contributed by atoms with Gasteiger partial charge in [-0.1, -0.05) is 29.8 Å². The summed E-state index contributed by atoms with van der Waals surface area (Å²) in [7, 11) is 0. The quantitative estimate of drug-likeness (QED) is 0.383. The van der Waals surface area contributed by atoms with E-state index in [-0.39, 0.29) is 41.8 Å². The predicted molar refractivity (Wildman–Crippen MR) is 139 cm³/mol. The molecule has 1 atom stereocenters. The number of carbonyl (C=O) groups is 2. The van der Waals surface area contributed by atoms with Crippen LogP contribution < -0.4 is 14.4 Å². The molecule has 1 N–H and O–H groups in total. The lowest BCUT2D eigenvalue weighted by molar-refractivity contribution is -0.142. The molecule has 0 aromatic heterocycles. The lowest BCUT2D eigenvalue weighted by Crippen LogP contribution is -2.28. The van der Waals surface area contributed by atoms with Crippen molar-refractivity contribution >= 4 is 39.9 Å². The highest BCUT2D eigenvalue weighted by Crippen LogP contribution is 2.48. The number of anilines is 1. The van der Waals surface area contributed by atoms with E-state index in [9.17, 15) is 14.7 Å². The highest BCUT2D eigenvalue weighted by Gasteiger charge is 2.42. The number of aliphatic hydroxyl groups is 1. The lowest BCUT2D eigenvalue weighted by Gasteiger charge is -2.23. The van der Waals surface area contributed by atoms with Crippen molar-refractivity contribution in [2.45, 2.75) is 59.5 Å². The van der Waals surface area contributed by atoms with Crippen molar-refractivity contribution in [1.82, 2.24) is 0 Å². The SMILES string of the molecule is CCOC(=O)Cc1ccc(N2C(=O)c3c(OC(C)C)cc4cccc(OC(C)C)c4c3C2O)c(Cl)c1. The van der Waals surface area contributed by atoms with Crippen LogP contribution in [0.5, 0.6) is 11.5 Å². The van der Waals surface area contributed by atoms with Gasteiger partial charge in [-0.15, -0.1) is 0 Å². The summed E-state index contributed by atoms with van der Waals surface area (Å²) in [6.45, 7) is 9.62. The van der Waals surface area contributed by atoms with Crippen molar-refractivity contribution in [2.24, 2.45) is 0 Å². The van der Waals surface area contributed by atoms with Gasteiger partial charge in [0.2, 0.25) is 0 Å². The molecule has 4 rings (SSSR count).